The lowest BCUT2D eigenvalue weighted by atomic mass is 9.98. The highest BCUT2D eigenvalue weighted by Gasteiger charge is 2.27. The number of β-amino-alcohol motifs (C(OH)–C–C–N with tert-alkyl or cyclic N) is 1. The van der Waals surface area contributed by atoms with Gasteiger partial charge in [0, 0.05) is 45.3 Å². The molecule has 0 saturated carbocycles. The Morgan fingerprint density at radius 3 is 2.05 bits per heavy atom. The lowest BCUT2D eigenvalue weighted by Gasteiger charge is -2.43. The lowest BCUT2D eigenvalue weighted by molar-refractivity contribution is 0.0496. The van der Waals surface area contributed by atoms with E-state index in [1.165, 1.54) is 58.4 Å². The highest BCUT2D eigenvalue weighted by molar-refractivity contribution is 4.84. The van der Waals surface area contributed by atoms with Crippen molar-refractivity contribution in [2.24, 2.45) is 5.92 Å². The molecule has 0 aromatic carbocycles. The minimum absolute atomic E-state index is 0.300. The van der Waals surface area contributed by atoms with Crippen LogP contribution >= 0.6 is 0 Å². The smallest absolute Gasteiger partial charge is 0.0558 e. The summed E-state index contributed by atoms with van der Waals surface area (Å²) in [6.07, 6.45) is 5.34. The first-order valence-corrected chi connectivity index (χ1v) is 9.06. The minimum atomic E-state index is 0.300. The van der Waals surface area contributed by atoms with Crippen LogP contribution in [0.25, 0.3) is 0 Å². The number of nitrogens with zero attached hydrogens (tertiary/aromatic N) is 3. The Morgan fingerprint density at radius 1 is 0.905 bits per heavy atom. The molecule has 2 rings (SSSR count). The van der Waals surface area contributed by atoms with Gasteiger partial charge in [-0.1, -0.05) is 26.7 Å². The van der Waals surface area contributed by atoms with Crippen LogP contribution in [0.4, 0.5) is 0 Å². The molecule has 2 aliphatic heterocycles. The predicted octanol–water partition coefficient (Wildman–Crippen LogP) is 1.50. The van der Waals surface area contributed by atoms with E-state index in [4.69, 9.17) is 5.11 Å². The van der Waals surface area contributed by atoms with Crippen LogP contribution < -0.4 is 0 Å². The summed E-state index contributed by atoms with van der Waals surface area (Å²) >= 11 is 0. The van der Waals surface area contributed by atoms with E-state index in [2.05, 4.69) is 28.5 Å². The van der Waals surface area contributed by atoms with Crippen molar-refractivity contribution in [2.75, 3.05) is 59.0 Å². The second-order valence-corrected chi connectivity index (χ2v) is 6.82. The van der Waals surface area contributed by atoms with Gasteiger partial charge in [-0.15, -0.1) is 0 Å². The molecule has 0 unspecified atom stereocenters. The molecule has 0 radical (unpaired) electrons. The Morgan fingerprint density at radius 2 is 1.52 bits per heavy atom. The molecule has 0 spiro atoms. The highest BCUT2D eigenvalue weighted by Crippen LogP contribution is 2.20. The molecular formula is C17H35N3O. The van der Waals surface area contributed by atoms with Crippen LogP contribution in [-0.4, -0.2) is 84.8 Å². The van der Waals surface area contributed by atoms with Crippen molar-refractivity contribution < 1.29 is 5.11 Å². The molecule has 0 bridgehead atoms. The Kier molecular flexibility index (Phi) is 7.44. The summed E-state index contributed by atoms with van der Waals surface area (Å²) < 4.78 is 0. The summed E-state index contributed by atoms with van der Waals surface area (Å²) in [6.45, 7) is 14.3. The van der Waals surface area contributed by atoms with Crippen LogP contribution in [0.5, 0.6) is 0 Å². The second-order valence-electron chi connectivity index (χ2n) is 6.82. The molecule has 21 heavy (non-hydrogen) atoms. The van der Waals surface area contributed by atoms with Crippen LogP contribution in [-0.2, 0) is 0 Å². The summed E-state index contributed by atoms with van der Waals surface area (Å²) in [4.78, 5) is 7.78. The van der Waals surface area contributed by atoms with Gasteiger partial charge in [0.05, 0.1) is 6.61 Å². The summed E-state index contributed by atoms with van der Waals surface area (Å²) in [5, 5.41) is 9.01. The zero-order valence-corrected chi connectivity index (χ0v) is 14.1. The van der Waals surface area contributed by atoms with Crippen LogP contribution in [0.1, 0.15) is 39.5 Å². The molecule has 124 valence electrons. The van der Waals surface area contributed by atoms with Crippen LogP contribution in [0.3, 0.4) is 0 Å². The van der Waals surface area contributed by atoms with Crippen molar-refractivity contribution in [3.63, 3.8) is 0 Å². The molecule has 4 nitrogen and oxygen atoms in total. The van der Waals surface area contributed by atoms with Gasteiger partial charge >= 0.3 is 0 Å². The first-order chi connectivity index (χ1) is 10.3. The molecule has 2 saturated heterocycles. The molecule has 1 N–H and O–H groups in total. The van der Waals surface area contributed by atoms with Gasteiger partial charge in [0.15, 0.2) is 0 Å². The molecule has 2 fully saturated rings. The number of aliphatic hydroxyl groups is 1. The summed E-state index contributed by atoms with van der Waals surface area (Å²) in [5.74, 6) is 0.892. The van der Waals surface area contributed by atoms with E-state index in [1.54, 1.807) is 0 Å². The number of piperazine rings is 1. The topological polar surface area (TPSA) is 30.0 Å². The van der Waals surface area contributed by atoms with Gasteiger partial charge in [0.1, 0.15) is 0 Å². The van der Waals surface area contributed by atoms with Crippen molar-refractivity contribution in [3.8, 4) is 0 Å². The molecule has 4 heteroatoms. The lowest BCUT2D eigenvalue weighted by Crippen LogP contribution is -2.53. The van der Waals surface area contributed by atoms with Gasteiger partial charge in [0.25, 0.3) is 0 Å². The van der Waals surface area contributed by atoms with Crippen LogP contribution in [0.15, 0.2) is 0 Å². The van der Waals surface area contributed by atoms with Crippen molar-refractivity contribution in [1.29, 1.82) is 0 Å². The normalized spacial score (nSPS) is 24.0. The van der Waals surface area contributed by atoms with E-state index in [0.29, 0.717) is 6.61 Å². The third-order valence-electron chi connectivity index (χ3n) is 5.57. The van der Waals surface area contributed by atoms with Gasteiger partial charge in [-0.25, -0.2) is 0 Å². The molecular weight excluding hydrogens is 262 g/mol. The molecule has 2 aliphatic rings. The number of hydrogen-bond donors (Lipinski definition) is 1. The molecule has 0 atom stereocenters. The van der Waals surface area contributed by atoms with E-state index in [-0.39, 0.29) is 0 Å². The Hall–Kier alpha value is -0.160. The fourth-order valence-electron chi connectivity index (χ4n) is 3.87. The van der Waals surface area contributed by atoms with E-state index in [9.17, 15) is 0 Å². The van der Waals surface area contributed by atoms with Gasteiger partial charge < -0.3 is 10.0 Å². The van der Waals surface area contributed by atoms with Crippen LogP contribution in [0.2, 0.25) is 0 Å². The largest absolute Gasteiger partial charge is 0.395 e. The maximum Gasteiger partial charge on any atom is 0.0558 e. The van der Waals surface area contributed by atoms with Crippen molar-refractivity contribution in [3.05, 3.63) is 0 Å². The minimum Gasteiger partial charge on any atom is -0.395 e. The molecule has 0 aliphatic carbocycles. The van der Waals surface area contributed by atoms with E-state index < -0.39 is 0 Å². The average Bonchev–Trinajstić information content (AvgIpc) is 2.54. The fourth-order valence-corrected chi connectivity index (χ4v) is 3.87. The second kappa shape index (κ2) is 9.09. The number of aliphatic hydroxyl groups excluding tert-OH is 1. The van der Waals surface area contributed by atoms with Crippen LogP contribution in [0, 0.1) is 5.92 Å². The Labute approximate surface area is 131 Å². The zero-order valence-electron chi connectivity index (χ0n) is 14.1. The highest BCUT2D eigenvalue weighted by atomic mass is 16.3. The first-order valence-electron chi connectivity index (χ1n) is 9.06. The van der Waals surface area contributed by atoms with E-state index in [1.807, 2.05) is 0 Å². The van der Waals surface area contributed by atoms with Crippen molar-refractivity contribution in [1.82, 2.24) is 14.7 Å². The average molecular weight is 297 g/mol. The zero-order chi connectivity index (χ0) is 15.1. The van der Waals surface area contributed by atoms with E-state index in [0.717, 1.165) is 31.6 Å². The molecule has 0 aromatic heterocycles. The standard InChI is InChI=1S/C17H35N3O/c1-3-16(4-2)15-19-7-5-17(6-8-19)20-11-9-18(10-12-20)13-14-21/h16-17,21H,3-15H2,1-2H3. The van der Waals surface area contributed by atoms with Crippen molar-refractivity contribution >= 4 is 0 Å². The fraction of sp³-hybridized carbons (Fsp3) is 1.00. The first kappa shape index (κ1) is 17.2. The van der Waals surface area contributed by atoms with Gasteiger partial charge in [-0.3, -0.25) is 9.80 Å². The van der Waals surface area contributed by atoms with E-state index >= 15 is 0 Å². The van der Waals surface area contributed by atoms with Gasteiger partial charge in [-0.2, -0.15) is 0 Å². The Bertz CT molecular complexity index is 267. The number of likely N-dealkylation sites (tertiary alicyclic amines) is 1. The maximum absolute atomic E-state index is 9.01. The third-order valence-corrected chi connectivity index (χ3v) is 5.57. The van der Waals surface area contributed by atoms with Crippen molar-refractivity contribution in [2.45, 2.75) is 45.6 Å². The Balaban J connectivity index is 1.67. The molecule has 2 heterocycles. The quantitative estimate of drug-likeness (QED) is 0.771. The predicted molar refractivity (Wildman–Crippen MR) is 88.6 cm³/mol. The monoisotopic (exact) mass is 297 g/mol. The molecule has 0 amide bonds. The summed E-state index contributed by atoms with van der Waals surface area (Å²) in [7, 11) is 0. The summed E-state index contributed by atoms with van der Waals surface area (Å²) in [6, 6.07) is 0.805. The number of hydrogen-bond acceptors (Lipinski definition) is 4. The summed E-state index contributed by atoms with van der Waals surface area (Å²) in [5.41, 5.74) is 0. The van der Waals surface area contributed by atoms with Gasteiger partial charge in [0.2, 0.25) is 0 Å². The number of rotatable bonds is 7. The molecule has 0 aromatic rings. The van der Waals surface area contributed by atoms with Gasteiger partial charge in [-0.05, 0) is 31.8 Å². The number of piperidine rings is 1. The third kappa shape index (κ3) is 5.20. The maximum atomic E-state index is 9.01. The SMILES string of the molecule is CCC(CC)CN1CCC(N2CCN(CCO)CC2)CC1.